The van der Waals surface area contributed by atoms with Crippen LogP contribution in [-0.4, -0.2) is 28.0 Å². The van der Waals surface area contributed by atoms with E-state index in [-0.39, 0.29) is 6.09 Å². The number of rotatable bonds is 0. The summed E-state index contributed by atoms with van der Waals surface area (Å²) in [6.45, 7) is 9.14. The van der Waals surface area contributed by atoms with Gasteiger partial charge in [-0.05, 0) is 56.7 Å². The molecule has 1 aliphatic heterocycles. The van der Waals surface area contributed by atoms with Gasteiger partial charge in [0.05, 0.1) is 9.26 Å². The molecule has 0 radical (unpaired) electrons. The normalized spacial score (nSPS) is 15.5. The maximum atomic E-state index is 12.2. The van der Waals surface area contributed by atoms with Gasteiger partial charge in [-0.1, -0.05) is 0 Å². The summed E-state index contributed by atoms with van der Waals surface area (Å²) in [7, 11) is 0. The Morgan fingerprint density at radius 1 is 1.39 bits per heavy atom. The topological polar surface area (TPSA) is 47.4 Å². The molecule has 0 saturated heterocycles. The maximum absolute atomic E-state index is 12.2. The van der Waals surface area contributed by atoms with E-state index in [4.69, 9.17) is 4.74 Å². The second-order valence-electron chi connectivity index (χ2n) is 5.43. The first-order valence-electron chi connectivity index (χ1n) is 6.03. The van der Waals surface area contributed by atoms with Crippen molar-refractivity contribution in [2.75, 3.05) is 11.4 Å². The van der Waals surface area contributed by atoms with E-state index in [2.05, 4.69) is 27.7 Å². The highest BCUT2D eigenvalue weighted by Crippen LogP contribution is 2.30. The van der Waals surface area contributed by atoms with Crippen LogP contribution in [0.5, 0.6) is 0 Å². The molecule has 1 amide bonds. The van der Waals surface area contributed by atoms with E-state index in [1.807, 2.05) is 32.4 Å². The zero-order chi connectivity index (χ0) is 13.5. The van der Waals surface area contributed by atoms with Crippen LogP contribution >= 0.6 is 22.6 Å². The number of carbonyl (C=O) groups is 1. The third-order valence-corrected chi connectivity index (χ3v) is 3.91. The average Bonchev–Trinajstić information content (AvgIpc) is 2.52. The Balaban J connectivity index is 2.30. The van der Waals surface area contributed by atoms with Gasteiger partial charge in [-0.2, -0.15) is 5.10 Å². The standard InChI is InChI=1S/C12H18IN3O2/c1-8-9(13)10-15(6-5-7-16(10)14-8)11(17)18-12(2,3)4/h5-7H2,1-4H3. The van der Waals surface area contributed by atoms with E-state index in [1.165, 1.54) is 0 Å². The van der Waals surface area contributed by atoms with Crippen LogP contribution in [0.1, 0.15) is 32.9 Å². The predicted octanol–water partition coefficient (Wildman–Crippen LogP) is 2.94. The van der Waals surface area contributed by atoms with Gasteiger partial charge in [-0.3, -0.25) is 4.90 Å². The molecule has 0 bridgehead atoms. The second-order valence-corrected chi connectivity index (χ2v) is 6.51. The van der Waals surface area contributed by atoms with E-state index >= 15 is 0 Å². The number of nitrogens with zero attached hydrogens (tertiary/aromatic N) is 3. The average molecular weight is 363 g/mol. The zero-order valence-corrected chi connectivity index (χ0v) is 13.3. The first-order valence-corrected chi connectivity index (χ1v) is 7.11. The molecular weight excluding hydrogens is 345 g/mol. The van der Waals surface area contributed by atoms with Gasteiger partial charge in [-0.25, -0.2) is 9.48 Å². The molecular formula is C12H18IN3O2. The lowest BCUT2D eigenvalue weighted by Gasteiger charge is -2.30. The second kappa shape index (κ2) is 4.71. The first-order chi connectivity index (χ1) is 8.29. The monoisotopic (exact) mass is 363 g/mol. The molecule has 6 heteroatoms. The van der Waals surface area contributed by atoms with Crippen molar-refractivity contribution >= 4 is 34.5 Å². The summed E-state index contributed by atoms with van der Waals surface area (Å²) in [4.78, 5) is 13.9. The fourth-order valence-electron chi connectivity index (χ4n) is 1.94. The van der Waals surface area contributed by atoms with Crippen molar-refractivity contribution in [2.45, 2.75) is 46.3 Å². The minimum atomic E-state index is -0.472. The van der Waals surface area contributed by atoms with Crippen LogP contribution < -0.4 is 4.90 Å². The Labute approximate surface area is 121 Å². The number of carbonyl (C=O) groups excluding carboxylic acids is 1. The fraction of sp³-hybridized carbons (Fsp3) is 0.667. The molecule has 0 atom stereocenters. The molecule has 0 aromatic carbocycles. The van der Waals surface area contributed by atoms with Gasteiger partial charge in [0.2, 0.25) is 0 Å². The van der Waals surface area contributed by atoms with Crippen LogP contribution in [0, 0.1) is 10.5 Å². The van der Waals surface area contributed by atoms with Crippen molar-refractivity contribution in [3.05, 3.63) is 9.26 Å². The Kier molecular flexibility index (Phi) is 3.57. The van der Waals surface area contributed by atoms with Crippen LogP contribution in [0.4, 0.5) is 10.6 Å². The zero-order valence-electron chi connectivity index (χ0n) is 11.2. The molecule has 5 nitrogen and oxygen atoms in total. The van der Waals surface area contributed by atoms with Gasteiger partial charge in [0.1, 0.15) is 11.4 Å². The Hall–Kier alpha value is -0.790. The lowest BCUT2D eigenvalue weighted by molar-refractivity contribution is 0.0572. The van der Waals surface area contributed by atoms with Crippen molar-refractivity contribution in [3.8, 4) is 0 Å². The van der Waals surface area contributed by atoms with Crippen molar-refractivity contribution in [2.24, 2.45) is 0 Å². The number of hydrogen-bond acceptors (Lipinski definition) is 3. The van der Waals surface area contributed by atoms with Gasteiger partial charge >= 0.3 is 6.09 Å². The smallest absolute Gasteiger partial charge is 0.416 e. The van der Waals surface area contributed by atoms with Crippen LogP contribution in [0.3, 0.4) is 0 Å². The lowest BCUT2D eigenvalue weighted by atomic mass is 10.2. The van der Waals surface area contributed by atoms with Gasteiger partial charge in [-0.15, -0.1) is 0 Å². The number of anilines is 1. The fourth-order valence-corrected chi connectivity index (χ4v) is 2.62. The van der Waals surface area contributed by atoms with Gasteiger partial charge in [0, 0.05) is 13.1 Å². The molecule has 0 fully saturated rings. The SMILES string of the molecule is Cc1nn2c(c1I)N(C(=O)OC(C)(C)C)CCC2. The van der Waals surface area contributed by atoms with Gasteiger partial charge in [0.25, 0.3) is 0 Å². The number of amides is 1. The molecule has 18 heavy (non-hydrogen) atoms. The summed E-state index contributed by atoms with van der Waals surface area (Å²) in [5.41, 5.74) is 0.487. The lowest BCUT2D eigenvalue weighted by Crippen LogP contribution is -2.41. The minimum Gasteiger partial charge on any atom is -0.443 e. The summed E-state index contributed by atoms with van der Waals surface area (Å²) < 4.78 is 8.36. The van der Waals surface area contributed by atoms with Crippen molar-refractivity contribution in [3.63, 3.8) is 0 Å². The number of aryl methyl sites for hydroxylation is 2. The summed E-state index contributed by atoms with van der Waals surface area (Å²) >= 11 is 2.24. The van der Waals surface area contributed by atoms with E-state index in [0.717, 1.165) is 28.0 Å². The first kappa shape index (κ1) is 13.6. The van der Waals surface area contributed by atoms with E-state index < -0.39 is 5.60 Å². The molecule has 1 aliphatic rings. The molecule has 0 unspecified atom stereocenters. The van der Waals surface area contributed by atoms with Crippen LogP contribution in [0.25, 0.3) is 0 Å². The Bertz CT molecular complexity index is 476. The van der Waals surface area contributed by atoms with Crippen LogP contribution in [-0.2, 0) is 11.3 Å². The summed E-state index contributed by atoms with van der Waals surface area (Å²) in [5, 5.41) is 4.44. The van der Waals surface area contributed by atoms with Crippen LogP contribution in [0.15, 0.2) is 0 Å². The highest BCUT2D eigenvalue weighted by Gasteiger charge is 2.30. The minimum absolute atomic E-state index is 0.290. The third-order valence-electron chi connectivity index (χ3n) is 2.65. The quantitative estimate of drug-likeness (QED) is 0.666. The summed E-state index contributed by atoms with van der Waals surface area (Å²) in [5.74, 6) is 0.869. The van der Waals surface area contributed by atoms with E-state index in [1.54, 1.807) is 4.90 Å². The molecule has 100 valence electrons. The number of aromatic nitrogens is 2. The molecule has 1 aromatic heterocycles. The van der Waals surface area contributed by atoms with Gasteiger partial charge < -0.3 is 4.74 Å². The van der Waals surface area contributed by atoms with E-state index in [9.17, 15) is 4.79 Å². The highest BCUT2D eigenvalue weighted by molar-refractivity contribution is 14.1. The number of halogens is 1. The third kappa shape index (κ3) is 2.62. The summed E-state index contributed by atoms with van der Waals surface area (Å²) in [6, 6.07) is 0. The number of fused-ring (bicyclic) bond motifs is 1. The highest BCUT2D eigenvalue weighted by atomic mass is 127. The van der Waals surface area contributed by atoms with Crippen molar-refractivity contribution in [1.82, 2.24) is 9.78 Å². The number of ether oxygens (including phenoxy) is 1. The van der Waals surface area contributed by atoms with Crippen LogP contribution in [0.2, 0.25) is 0 Å². The maximum Gasteiger partial charge on any atom is 0.416 e. The Morgan fingerprint density at radius 2 is 2.06 bits per heavy atom. The largest absolute Gasteiger partial charge is 0.443 e. The van der Waals surface area contributed by atoms with E-state index in [0.29, 0.717) is 6.54 Å². The molecule has 0 saturated carbocycles. The van der Waals surface area contributed by atoms with Gasteiger partial charge in [0.15, 0.2) is 0 Å². The van der Waals surface area contributed by atoms with Crippen molar-refractivity contribution < 1.29 is 9.53 Å². The molecule has 1 aromatic rings. The molecule has 0 aliphatic carbocycles. The Morgan fingerprint density at radius 3 is 2.67 bits per heavy atom. The molecule has 2 heterocycles. The molecule has 0 spiro atoms. The predicted molar refractivity (Wildman–Crippen MR) is 77.9 cm³/mol. The number of hydrogen-bond donors (Lipinski definition) is 0. The molecule has 2 rings (SSSR count). The van der Waals surface area contributed by atoms with Crippen molar-refractivity contribution in [1.29, 1.82) is 0 Å². The summed E-state index contributed by atoms with van der Waals surface area (Å²) in [6.07, 6.45) is 0.616. The molecule has 0 N–H and O–H groups in total.